The summed E-state index contributed by atoms with van der Waals surface area (Å²) in [6.07, 6.45) is 3.75. The van der Waals surface area contributed by atoms with Gasteiger partial charge in [-0.15, -0.1) is 11.3 Å². The van der Waals surface area contributed by atoms with Crippen LogP contribution in [-0.4, -0.2) is 24.0 Å². The van der Waals surface area contributed by atoms with Crippen LogP contribution in [0, 0.1) is 0 Å². The van der Waals surface area contributed by atoms with Crippen molar-refractivity contribution in [3.63, 3.8) is 0 Å². The van der Waals surface area contributed by atoms with Crippen molar-refractivity contribution >= 4 is 38.9 Å². The molecule has 1 aromatic rings. The average molecular weight is 368 g/mol. The fourth-order valence-electron chi connectivity index (χ4n) is 2.26. The zero-order chi connectivity index (χ0) is 14.4. The predicted octanol–water partition coefficient (Wildman–Crippen LogP) is 5.06. The van der Waals surface area contributed by atoms with E-state index in [-0.39, 0.29) is 6.04 Å². The molecule has 5 heteroatoms. The average Bonchev–Trinajstić information content (AvgIpc) is 2.68. The van der Waals surface area contributed by atoms with Gasteiger partial charge in [0.05, 0.1) is 6.04 Å². The Kier molecular flexibility index (Phi) is 7.92. The van der Waals surface area contributed by atoms with Gasteiger partial charge in [0.1, 0.15) is 4.34 Å². The van der Waals surface area contributed by atoms with Crippen LogP contribution in [0.3, 0.4) is 0 Å². The Morgan fingerprint density at radius 1 is 1.42 bits per heavy atom. The number of hydrogen-bond donors (Lipinski definition) is 1. The molecule has 19 heavy (non-hydrogen) atoms. The highest BCUT2D eigenvalue weighted by atomic mass is 79.9. The Morgan fingerprint density at radius 2 is 2.11 bits per heavy atom. The number of halogens is 2. The van der Waals surface area contributed by atoms with Gasteiger partial charge in [0, 0.05) is 21.9 Å². The predicted molar refractivity (Wildman–Crippen MR) is 90.2 cm³/mol. The minimum atomic E-state index is 0.269. The van der Waals surface area contributed by atoms with E-state index in [4.69, 9.17) is 17.3 Å². The quantitative estimate of drug-likeness (QED) is 0.650. The van der Waals surface area contributed by atoms with Gasteiger partial charge in [-0.3, -0.25) is 4.90 Å². The van der Waals surface area contributed by atoms with Gasteiger partial charge in [0.2, 0.25) is 0 Å². The number of thiophene rings is 1. The molecule has 0 aliphatic carbocycles. The molecule has 110 valence electrons. The lowest BCUT2D eigenvalue weighted by atomic mass is 10.1. The van der Waals surface area contributed by atoms with Gasteiger partial charge in [0.15, 0.2) is 0 Å². The third-order valence-corrected chi connectivity index (χ3v) is 5.88. The Hall–Kier alpha value is 0.390. The third-order valence-electron chi connectivity index (χ3n) is 3.30. The molecule has 0 aromatic carbocycles. The van der Waals surface area contributed by atoms with Gasteiger partial charge in [0.25, 0.3) is 0 Å². The van der Waals surface area contributed by atoms with E-state index in [0.717, 1.165) is 15.4 Å². The van der Waals surface area contributed by atoms with Gasteiger partial charge in [-0.1, -0.05) is 31.4 Å². The van der Waals surface area contributed by atoms with Gasteiger partial charge in [-0.05, 0) is 48.8 Å². The highest BCUT2D eigenvalue weighted by Gasteiger charge is 2.23. The minimum absolute atomic E-state index is 0.269. The number of unbranched alkanes of at least 4 members (excludes halogenated alkanes) is 2. The molecule has 0 saturated heterocycles. The first-order valence-electron chi connectivity index (χ1n) is 6.91. The first kappa shape index (κ1) is 17.4. The summed E-state index contributed by atoms with van der Waals surface area (Å²) >= 11 is 11.3. The summed E-state index contributed by atoms with van der Waals surface area (Å²) in [5.74, 6) is 0. The number of nitrogens with two attached hydrogens (primary N) is 1. The zero-order valence-electron chi connectivity index (χ0n) is 12.0. The van der Waals surface area contributed by atoms with Crippen LogP contribution in [0.25, 0.3) is 0 Å². The maximum Gasteiger partial charge on any atom is 0.107 e. The highest BCUT2D eigenvalue weighted by molar-refractivity contribution is 9.10. The Bertz CT molecular complexity index is 362. The molecule has 0 radical (unpaired) electrons. The van der Waals surface area contributed by atoms with Crippen molar-refractivity contribution in [1.29, 1.82) is 0 Å². The van der Waals surface area contributed by atoms with E-state index in [2.05, 4.69) is 47.7 Å². The first-order valence-corrected chi connectivity index (χ1v) is 8.90. The van der Waals surface area contributed by atoms with Crippen molar-refractivity contribution in [2.45, 2.75) is 52.1 Å². The van der Waals surface area contributed by atoms with E-state index in [1.807, 2.05) is 0 Å². The van der Waals surface area contributed by atoms with Crippen molar-refractivity contribution in [2.75, 3.05) is 13.1 Å². The molecule has 2 N–H and O–H groups in total. The van der Waals surface area contributed by atoms with Crippen molar-refractivity contribution in [3.05, 3.63) is 19.8 Å². The molecule has 0 amide bonds. The fourth-order valence-corrected chi connectivity index (χ4v) is 4.13. The first-order chi connectivity index (χ1) is 9.01. The normalized spacial score (nSPS) is 13.5. The third kappa shape index (κ3) is 5.01. The van der Waals surface area contributed by atoms with Crippen LogP contribution in [0.15, 0.2) is 10.5 Å². The van der Waals surface area contributed by atoms with E-state index < -0.39 is 0 Å². The van der Waals surface area contributed by atoms with Crippen LogP contribution in [0.1, 0.15) is 51.0 Å². The van der Waals surface area contributed by atoms with E-state index in [1.165, 1.54) is 24.1 Å². The molecule has 1 heterocycles. The van der Waals surface area contributed by atoms with E-state index in [9.17, 15) is 0 Å². The summed E-state index contributed by atoms with van der Waals surface area (Å²) in [6, 6.07) is 2.87. The molecule has 0 bridgehead atoms. The lowest BCUT2D eigenvalue weighted by molar-refractivity contribution is 0.156. The number of nitrogens with zero attached hydrogens (tertiary/aromatic N) is 1. The maximum absolute atomic E-state index is 6.15. The summed E-state index contributed by atoms with van der Waals surface area (Å²) in [5.41, 5.74) is 6.01. The van der Waals surface area contributed by atoms with Gasteiger partial charge in [-0.25, -0.2) is 0 Å². The Balaban J connectivity index is 2.83. The van der Waals surface area contributed by atoms with Crippen LogP contribution in [0.2, 0.25) is 4.34 Å². The summed E-state index contributed by atoms with van der Waals surface area (Å²) < 4.78 is 1.79. The minimum Gasteiger partial charge on any atom is -0.329 e. The van der Waals surface area contributed by atoms with Crippen LogP contribution >= 0.6 is 38.9 Å². The van der Waals surface area contributed by atoms with Crippen LogP contribution in [0.4, 0.5) is 0 Å². The smallest absolute Gasteiger partial charge is 0.107 e. The monoisotopic (exact) mass is 366 g/mol. The number of rotatable bonds is 8. The zero-order valence-corrected chi connectivity index (χ0v) is 15.1. The van der Waals surface area contributed by atoms with E-state index in [1.54, 1.807) is 11.3 Å². The molecule has 1 unspecified atom stereocenters. The van der Waals surface area contributed by atoms with Crippen molar-refractivity contribution in [1.82, 2.24) is 4.90 Å². The van der Waals surface area contributed by atoms with E-state index in [0.29, 0.717) is 12.6 Å². The summed E-state index contributed by atoms with van der Waals surface area (Å²) in [4.78, 5) is 3.74. The summed E-state index contributed by atoms with van der Waals surface area (Å²) in [6.45, 7) is 8.43. The van der Waals surface area contributed by atoms with Crippen LogP contribution in [0.5, 0.6) is 0 Å². The van der Waals surface area contributed by atoms with Gasteiger partial charge < -0.3 is 5.73 Å². The molecule has 0 saturated carbocycles. The Labute approximate surface area is 134 Å². The van der Waals surface area contributed by atoms with Crippen LogP contribution in [-0.2, 0) is 0 Å². The Morgan fingerprint density at radius 3 is 2.53 bits per heavy atom. The largest absolute Gasteiger partial charge is 0.329 e. The molecular weight excluding hydrogens is 344 g/mol. The molecule has 2 nitrogen and oxygen atoms in total. The topological polar surface area (TPSA) is 29.3 Å². The van der Waals surface area contributed by atoms with Gasteiger partial charge >= 0.3 is 0 Å². The van der Waals surface area contributed by atoms with E-state index >= 15 is 0 Å². The van der Waals surface area contributed by atoms with Crippen LogP contribution < -0.4 is 5.73 Å². The molecule has 1 rings (SSSR count). The highest BCUT2D eigenvalue weighted by Crippen LogP contribution is 2.37. The standard InChI is InChI=1S/C14H24BrClN2S/c1-4-5-6-7-18(10(2)3)12(9-17)13-8-11(15)14(16)19-13/h8,10,12H,4-7,9,17H2,1-3H3. The lowest BCUT2D eigenvalue weighted by Crippen LogP contribution is -2.39. The van der Waals surface area contributed by atoms with Crippen molar-refractivity contribution in [3.8, 4) is 0 Å². The van der Waals surface area contributed by atoms with Gasteiger partial charge in [-0.2, -0.15) is 0 Å². The molecule has 0 spiro atoms. The second-order valence-corrected chi connectivity index (χ2v) is 7.60. The fraction of sp³-hybridized carbons (Fsp3) is 0.714. The van der Waals surface area contributed by atoms with Crippen molar-refractivity contribution in [2.24, 2.45) is 5.73 Å². The SMILES string of the molecule is CCCCCN(C(C)C)C(CN)c1cc(Br)c(Cl)s1. The molecule has 1 aromatic heterocycles. The molecule has 1 atom stereocenters. The molecule has 0 fully saturated rings. The summed E-state index contributed by atoms with van der Waals surface area (Å²) in [7, 11) is 0. The molecule has 0 aliphatic rings. The number of hydrogen-bond acceptors (Lipinski definition) is 3. The molecular formula is C14H24BrClN2S. The second kappa shape index (κ2) is 8.63. The summed E-state index contributed by atoms with van der Waals surface area (Å²) in [5, 5.41) is 0. The van der Waals surface area contributed by atoms with Crippen molar-refractivity contribution < 1.29 is 0 Å². The second-order valence-electron chi connectivity index (χ2n) is 5.06. The maximum atomic E-state index is 6.15. The lowest BCUT2D eigenvalue weighted by Gasteiger charge is -2.33. The molecule has 0 aliphatic heterocycles.